The molecule has 0 atom stereocenters. The summed E-state index contributed by atoms with van der Waals surface area (Å²) < 4.78 is 0. The number of nitrogens with zero attached hydrogens (tertiary/aromatic N) is 3. The largest absolute Gasteiger partial charge is 0.309 e. The summed E-state index contributed by atoms with van der Waals surface area (Å²) in [4.78, 5) is 23.7. The Bertz CT molecular complexity index is 845. The molecule has 3 rings (SSSR count). The standard InChI is InChI=1S/C14H11N5O2/c20-13(16-12-6-3-7-15-18-12)8-11-9-4-1-2-5-10(9)14(21)19-17-11/h1-7H,8H2,(H,19,21)(H,16,18,20). The smallest absolute Gasteiger partial charge is 0.272 e. The van der Waals surface area contributed by atoms with Crippen LogP contribution in [0.3, 0.4) is 0 Å². The average Bonchev–Trinajstić information content (AvgIpc) is 2.51. The zero-order valence-electron chi connectivity index (χ0n) is 10.9. The third-order valence-corrected chi connectivity index (χ3v) is 2.94. The molecule has 0 saturated heterocycles. The molecular formula is C14H11N5O2. The highest BCUT2D eigenvalue weighted by atomic mass is 16.1. The highest BCUT2D eigenvalue weighted by Crippen LogP contribution is 2.13. The van der Waals surface area contributed by atoms with E-state index < -0.39 is 0 Å². The Balaban J connectivity index is 1.87. The fourth-order valence-electron chi connectivity index (χ4n) is 2.01. The zero-order chi connectivity index (χ0) is 14.7. The van der Waals surface area contributed by atoms with E-state index in [1.807, 2.05) is 0 Å². The monoisotopic (exact) mass is 281 g/mol. The van der Waals surface area contributed by atoms with Crippen molar-refractivity contribution in [1.29, 1.82) is 0 Å². The molecule has 21 heavy (non-hydrogen) atoms. The maximum Gasteiger partial charge on any atom is 0.272 e. The lowest BCUT2D eigenvalue weighted by Gasteiger charge is -2.05. The molecule has 0 aliphatic carbocycles. The molecule has 0 saturated carbocycles. The van der Waals surface area contributed by atoms with Crippen LogP contribution in [0.4, 0.5) is 5.82 Å². The summed E-state index contributed by atoms with van der Waals surface area (Å²) in [5, 5.41) is 17.6. The number of aromatic nitrogens is 4. The van der Waals surface area contributed by atoms with Crippen molar-refractivity contribution in [3.05, 3.63) is 58.6 Å². The molecule has 2 aromatic heterocycles. The number of amides is 1. The van der Waals surface area contributed by atoms with Crippen LogP contribution < -0.4 is 10.9 Å². The van der Waals surface area contributed by atoms with Crippen molar-refractivity contribution in [3.8, 4) is 0 Å². The third kappa shape index (κ3) is 2.76. The van der Waals surface area contributed by atoms with E-state index in [4.69, 9.17) is 0 Å². The lowest BCUT2D eigenvalue weighted by atomic mass is 10.1. The van der Waals surface area contributed by atoms with Gasteiger partial charge in [0.2, 0.25) is 5.91 Å². The minimum absolute atomic E-state index is 0.0356. The predicted octanol–water partition coefficient (Wildman–Crippen LogP) is 0.894. The molecule has 2 N–H and O–H groups in total. The van der Waals surface area contributed by atoms with Gasteiger partial charge in [-0.2, -0.15) is 10.2 Å². The van der Waals surface area contributed by atoms with Crippen LogP contribution in [-0.4, -0.2) is 26.3 Å². The Kier molecular flexibility index (Phi) is 3.38. The number of anilines is 1. The fraction of sp³-hybridized carbons (Fsp3) is 0.0714. The van der Waals surface area contributed by atoms with Gasteiger partial charge in [0.25, 0.3) is 5.56 Å². The number of carbonyl (C=O) groups is 1. The Morgan fingerprint density at radius 2 is 1.95 bits per heavy atom. The summed E-state index contributed by atoms with van der Waals surface area (Å²) in [5.74, 6) is 0.0939. The molecule has 104 valence electrons. The number of nitrogens with one attached hydrogen (secondary N) is 2. The van der Waals surface area contributed by atoms with Gasteiger partial charge in [0.05, 0.1) is 17.5 Å². The molecule has 0 spiro atoms. The number of carbonyl (C=O) groups excluding carboxylic acids is 1. The molecule has 0 radical (unpaired) electrons. The highest BCUT2D eigenvalue weighted by molar-refractivity contribution is 5.94. The lowest BCUT2D eigenvalue weighted by Crippen LogP contribution is -2.19. The first-order valence-corrected chi connectivity index (χ1v) is 6.28. The normalized spacial score (nSPS) is 10.5. The fourth-order valence-corrected chi connectivity index (χ4v) is 2.01. The van der Waals surface area contributed by atoms with E-state index in [1.165, 1.54) is 6.20 Å². The van der Waals surface area contributed by atoms with Crippen LogP contribution in [0.2, 0.25) is 0 Å². The second-order valence-corrected chi connectivity index (χ2v) is 4.38. The molecule has 7 nitrogen and oxygen atoms in total. The van der Waals surface area contributed by atoms with Gasteiger partial charge < -0.3 is 5.32 Å². The minimum Gasteiger partial charge on any atom is -0.309 e. The quantitative estimate of drug-likeness (QED) is 0.742. The number of hydrogen-bond acceptors (Lipinski definition) is 5. The summed E-state index contributed by atoms with van der Waals surface area (Å²) in [5.41, 5.74) is 0.232. The number of rotatable bonds is 3. The number of aromatic amines is 1. The van der Waals surface area contributed by atoms with Crippen LogP contribution in [0.15, 0.2) is 47.4 Å². The van der Waals surface area contributed by atoms with E-state index in [-0.39, 0.29) is 17.9 Å². The molecule has 0 bridgehead atoms. The van der Waals surface area contributed by atoms with Gasteiger partial charge in [-0.25, -0.2) is 5.10 Å². The molecule has 0 unspecified atom stereocenters. The first-order valence-electron chi connectivity index (χ1n) is 6.28. The van der Waals surface area contributed by atoms with Crippen molar-refractivity contribution in [3.63, 3.8) is 0 Å². The van der Waals surface area contributed by atoms with E-state index in [2.05, 4.69) is 25.7 Å². The zero-order valence-corrected chi connectivity index (χ0v) is 10.9. The Labute approximate surface area is 119 Å². The van der Waals surface area contributed by atoms with E-state index >= 15 is 0 Å². The van der Waals surface area contributed by atoms with E-state index in [0.29, 0.717) is 22.3 Å². The number of H-pyrrole nitrogens is 1. The summed E-state index contributed by atoms with van der Waals surface area (Å²) in [6.45, 7) is 0. The van der Waals surface area contributed by atoms with Gasteiger partial charge in [-0.15, -0.1) is 5.10 Å². The molecule has 2 heterocycles. The second kappa shape index (κ2) is 5.49. The van der Waals surface area contributed by atoms with Crippen molar-refractivity contribution < 1.29 is 4.79 Å². The predicted molar refractivity (Wildman–Crippen MR) is 76.7 cm³/mol. The number of hydrogen-bond donors (Lipinski definition) is 2. The van der Waals surface area contributed by atoms with Gasteiger partial charge in [-0.3, -0.25) is 9.59 Å². The van der Waals surface area contributed by atoms with Crippen molar-refractivity contribution in [2.45, 2.75) is 6.42 Å². The third-order valence-electron chi connectivity index (χ3n) is 2.94. The van der Waals surface area contributed by atoms with E-state index in [9.17, 15) is 9.59 Å². The number of fused-ring (bicyclic) bond motifs is 1. The topological polar surface area (TPSA) is 101 Å². The SMILES string of the molecule is O=C(Cc1n[nH]c(=O)c2ccccc12)Nc1cccnn1. The van der Waals surface area contributed by atoms with Crippen LogP contribution in [-0.2, 0) is 11.2 Å². The maximum atomic E-state index is 12.0. The average molecular weight is 281 g/mol. The van der Waals surface area contributed by atoms with E-state index in [0.717, 1.165) is 0 Å². The number of benzene rings is 1. The van der Waals surface area contributed by atoms with Gasteiger partial charge in [0.1, 0.15) is 0 Å². The summed E-state index contributed by atoms with van der Waals surface area (Å²) in [7, 11) is 0. The molecule has 3 aromatic rings. The Morgan fingerprint density at radius 3 is 2.71 bits per heavy atom. The molecule has 0 fully saturated rings. The molecule has 7 heteroatoms. The van der Waals surface area contributed by atoms with Crippen molar-refractivity contribution in [1.82, 2.24) is 20.4 Å². The molecule has 1 amide bonds. The summed E-state index contributed by atoms with van der Waals surface area (Å²) in [6.07, 6.45) is 1.56. The van der Waals surface area contributed by atoms with Crippen LogP contribution in [0.1, 0.15) is 5.69 Å². The molecule has 1 aromatic carbocycles. The van der Waals surface area contributed by atoms with Crippen LogP contribution in [0, 0.1) is 0 Å². The summed E-state index contributed by atoms with van der Waals surface area (Å²) >= 11 is 0. The molecule has 0 aliphatic heterocycles. The summed E-state index contributed by atoms with van der Waals surface area (Å²) in [6, 6.07) is 10.3. The van der Waals surface area contributed by atoms with Crippen molar-refractivity contribution >= 4 is 22.5 Å². The second-order valence-electron chi connectivity index (χ2n) is 4.38. The van der Waals surface area contributed by atoms with Gasteiger partial charge in [-0.05, 0) is 18.2 Å². The molecule has 0 aliphatic rings. The van der Waals surface area contributed by atoms with Crippen LogP contribution in [0.5, 0.6) is 0 Å². The molecular weight excluding hydrogens is 270 g/mol. The maximum absolute atomic E-state index is 12.0. The van der Waals surface area contributed by atoms with Gasteiger partial charge in [0, 0.05) is 11.6 Å². The minimum atomic E-state index is -0.278. The van der Waals surface area contributed by atoms with Gasteiger partial charge in [-0.1, -0.05) is 18.2 Å². The first-order chi connectivity index (χ1) is 10.2. The van der Waals surface area contributed by atoms with Crippen LogP contribution >= 0.6 is 0 Å². The van der Waals surface area contributed by atoms with Crippen molar-refractivity contribution in [2.24, 2.45) is 0 Å². The Hall–Kier alpha value is -3.09. The first kappa shape index (κ1) is 12.9. The van der Waals surface area contributed by atoms with Crippen molar-refractivity contribution in [2.75, 3.05) is 5.32 Å². The van der Waals surface area contributed by atoms with Gasteiger partial charge in [0.15, 0.2) is 5.82 Å². The Morgan fingerprint density at radius 1 is 1.14 bits per heavy atom. The lowest BCUT2D eigenvalue weighted by molar-refractivity contribution is -0.115. The van der Waals surface area contributed by atoms with E-state index in [1.54, 1.807) is 36.4 Å². The van der Waals surface area contributed by atoms with Crippen LogP contribution in [0.25, 0.3) is 10.8 Å². The highest BCUT2D eigenvalue weighted by Gasteiger charge is 2.11. The van der Waals surface area contributed by atoms with Gasteiger partial charge >= 0.3 is 0 Å².